The molecule has 2 N–H and O–H groups in total. The molecule has 1 amide bonds. The summed E-state index contributed by atoms with van der Waals surface area (Å²) in [6.07, 6.45) is 1.36. The monoisotopic (exact) mass is 328 g/mol. The summed E-state index contributed by atoms with van der Waals surface area (Å²) in [6, 6.07) is 4.99. The van der Waals surface area contributed by atoms with Crippen molar-refractivity contribution < 1.29 is 13.6 Å². The van der Waals surface area contributed by atoms with Crippen LogP contribution in [0.5, 0.6) is 0 Å². The van der Waals surface area contributed by atoms with Crippen molar-refractivity contribution in [3.63, 3.8) is 0 Å². The van der Waals surface area contributed by atoms with Crippen LogP contribution in [0.2, 0.25) is 0 Å². The van der Waals surface area contributed by atoms with E-state index in [1.165, 1.54) is 18.3 Å². The minimum absolute atomic E-state index is 0. The Bertz CT molecular complexity index is 652. The van der Waals surface area contributed by atoms with Crippen LogP contribution in [0.4, 0.5) is 8.78 Å². The van der Waals surface area contributed by atoms with Crippen LogP contribution in [0, 0.1) is 17.6 Å². The Balaban J connectivity index is 0.00000176. The van der Waals surface area contributed by atoms with E-state index in [1.807, 2.05) is 0 Å². The zero-order valence-electron chi connectivity index (χ0n) is 11.6. The Morgan fingerprint density at radius 3 is 2.59 bits per heavy atom. The topological polar surface area (TPSA) is 59.0 Å². The quantitative estimate of drug-likeness (QED) is 0.894. The molecular formula is C14H15ClF2N4O. The smallest absolute Gasteiger partial charge is 0.271 e. The van der Waals surface area contributed by atoms with Crippen molar-refractivity contribution in [1.29, 1.82) is 0 Å². The lowest BCUT2D eigenvalue weighted by molar-refractivity contribution is 0.0936. The first-order valence-corrected chi connectivity index (χ1v) is 6.64. The molecule has 1 aromatic heterocycles. The lowest BCUT2D eigenvalue weighted by atomic mass is 10.0. The molecule has 118 valence electrons. The highest BCUT2D eigenvalue weighted by Gasteiger charge is 2.19. The van der Waals surface area contributed by atoms with Crippen molar-refractivity contribution in [2.45, 2.75) is 0 Å². The van der Waals surface area contributed by atoms with Gasteiger partial charge >= 0.3 is 0 Å². The second kappa shape index (κ2) is 6.85. The van der Waals surface area contributed by atoms with E-state index in [9.17, 15) is 13.6 Å². The number of amides is 1. The number of hydrogen-bond donors (Lipinski definition) is 2. The van der Waals surface area contributed by atoms with Crippen LogP contribution in [0.1, 0.15) is 10.5 Å². The Morgan fingerprint density at radius 1 is 1.32 bits per heavy atom. The van der Waals surface area contributed by atoms with E-state index >= 15 is 0 Å². The first-order chi connectivity index (χ1) is 10.1. The van der Waals surface area contributed by atoms with Gasteiger partial charge in [0.25, 0.3) is 5.91 Å². The predicted octanol–water partition coefficient (Wildman–Crippen LogP) is 1.52. The summed E-state index contributed by atoms with van der Waals surface area (Å²) in [5, 5.41) is 9.79. The average Bonchev–Trinajstić information content (AvgIpc) is 2.86. The highest BCUT2D eigenvalue weighted by Crippen LogP contribution is 2.16. The zero-order valence-corrected chi connectivity index (χ0v) is 12.4. The summed E-state index contributed by atoms with van der Waals surface area (Å²) < 4.78 is 28.3. The van der Waals surface area contributed by atoms with Crippen molar-refractivity contribution in [1.82, 2.24) is 20.4 Å². The van der Waals surface area contributed by atoms with Gasteiger partial charge in [-0.2, -0.15) is 5.10 Å². The molecule has 0 saturated carbocycles. The van der Waals surface area contributed by atoms with Gasteiger partial charge in [-0.05, 0) is 18.2 Å². The van der Waals surface area contributed by atoms with Crippen molar-refractivity contribution in [2.24, 2.45) is 5.92 Å². The van der Waals surface area contributed by atoms with Crippen LogP contribution >= 0.6 is 12.4 Å². The molecular weight excluding hydrogens is 314 g/mol. The van der Waals surface area contributed by atoms with E-state index in [2.05, 4.69) is 15.7 Å². The maximum Gasteiger partial charge on any atom is 0.271 e. The third-order valence-corrected chi connectivity index (χ3v) is 3.41. The van der Waals surface area contributed by atoms with Gasteiger partial charge in [0.2, 0.25) is 0 Å². The SMILES string of the molecule is Cl.O=C(NCC1CNC1)c1ccn(-c2c(F)cccc2F)n1. The second-order valence-corrected chi connectivity index (χ2v) is 4.95. The Morgan fingerprint density at radius 2 is 2.00 bits per heavy atom. The zero-order chi connectivity index (χ0) is 14.8. The van der Waals surface area contributed by atoms with Gasteiger partial charge in [-0.15, -0.1) is 12.4 Å². The minimum atomic E-state index is -0.731. The molecule has 1 aliphatic rings. The van der Waals surface area contributed by atoms with Crippen molar-refractivity contribution in [3.05, 3.63) is 47.8 Å². The molecule has 3 rings (SSSR count). The lowest BCUT2D eigenvalue weighted by Gasteiger charge is -2.26. The van der Waals surface area contributed by atoms with E-state index in [0.29, 0.717) is 12.5 Å². The van der Waals surface area contributed by atoms with Crippen LogP contribution in [0.25, 0.3) is 5.69 Å². The highest BCUT2D eigenvalue weighted by molar-refractivity contribution is 5.92. The number of carbonyl (C=O) groups excluding carboxylic acids is 1. The largest absolute Gasteiger partial charge is 0.350 e. The molecule has 2 heterocycles. The van der Waals surface area contributed by atoms with Crippen LogP contribution in [-0.2, 0) is 0 Å². The number of nitrogens with one attached hydrogen (secondary N) is 2. The third kappa shape index (κ3) is 3.26. The van der Waals surface area contributed by atoms with Gasteiger partial charge in [0, 0.05) is 31.7 Å². The number of hydrogen-bond acceptors (Lipinski definition) is 3. The molecule has 0 unspecified atom stereocenters. The van der Waals surface area contributed by atoms with Gasteiger partial charge in [-0.1, -0.05) is 6.07 Å². The molecule has 5 nitrogen and oxygen atoms in total. The molecule has 0 spiro atoms. The molecule has 1 aromatic carbocycles. The van der Waals surface area contributed by atoms with Gasteiger partial charge in [-0.3, -0.25) is 4.79 Å². The van der Waals surface area contributed by atoms with Gasteiger partial charge in [0.15, 0.2) is 17.3 Å². The lowest BCUT2D eigenvalue weighted by Crippen LogP contribution is -2.48. The fourth-order valence-electron chi connectivity index (χ4n) is 2.10. The van der Waals surface area contributed by atoms with Gasteiger partial charge < -0.3 is 10.6 Å². The number of halogens is 3. The Hall–Kier alpha value is -1.99. The highest BCUT2D eigenvalue weighted by atomic mass is 35.5. The molecule has 0 aliphatic carbocycles. The number of nitrogens with zero attached hydrogens (tertiary/aromatic N) is 2. The Labute approximate surface area is 132 Å². The summed E-state index contributed by atoms with van der Waals surface area (Å²) in [7, 11) is 0. The summed E-state index contributed by atoms with van der Waals surface area (Å²) in [5.41, 5.74) is -0.162. The number of carbonyl (C=O) groups is 1. The van der Waals surface area contributed by atoms with Crippen LogP contribution < -0.4 is 10.6 Å². The summed E-state index contributed by atoms with van der Waals surface area (Å²) in [6.45, 7) is 2.33. The molecule has 1 fully saturated rings. The summed E-state index contributed by atoms with van der Waals surface area (Å²) in [4.78, 5) is 11.9. The molecule has 0 radical (unpaired) electrons. The predicted molar refractivity (Wildman–Crippen MR) is 79.4 cm³/mol. The second-order valence-electron chi connectivity index (χ2n) is 4.95. The number of aromatic nitrogens is 2. The van der Waals surface area contributed by atoms with E-state index in [1.54, 1.807) is 0 Å². The van der Waals surface area contributed by atoms with Crippen LogP contribution in [0.3, 0.4) is 0 Å². The number of para-hydroxylation sites is 1. The molecule has 22 heavy (non-hydrogen) atoms. The van der Waals surface area contributed by atoms with Gasteiger partial charge in [-0.25, -0.2) is 13.5 Å². The van der Waals surface area contributed by atoms with E-state index in [4.69, 9.17) is 0 Å². The van der Waals surface area contributed by atoms with Gasteiger partial charge in [0.05, 0.1) is 0 Å². The molecule has 2 aromatic rings. The average molecular weight is 329 g/mol. The van der Waals surface area contributed by atoms with Crippen LogP contribution in [-0.4, -0.2) is 35.3 Å². The van der Waals surface area contributed by atoms with Gasteiger partial charge in [0.1, 0.15) is 5.69 Å². The molecule has 1 saturated heterocycles. The standard InChI is InChI=1S/C14H14F2N4O.ClH/c15-10-2-1-3-11(16)13(10)20-5-4-12(19-20)14(21)18-8-9-6-17-7-9;/h1-5,9,17H,6-8H2,(H,18,21);1H. The molecule has 8 heteroatoms. The number of rotatable bonds is 4. The molecule has 0 atom stereocenters. The van der Waals surface area contributed by atoms with Crippen molar-refractivity contribution in [2.75, 3.05) is 19.6 Å². The maximum absolute atomic E-state index is 13.6. The van der Waals surface area contributed by atoms with E-state index in [0.717, 1.165) is 29.9 Å². The minimum Gasteiger partial charge on any atom is -0.350 e. The van der Waals surface area contributed by atoms with Crippen molar-refractivity contribution in [3.8, 4) is 5.69 Å². The third-order valence-electron chi connectivity index (χ3n) is 3.41. The fourth-order valence-corrected chi connectivity index (χ4v) is 2.10. The normalized spacial score (nSPS) is 14.1. The summed E-state index contributed by atoms with van der Waals surface area (Å²) in [5.74, 6) is -1.38. The molecule has 1 aliphatic heterocycles. The summed E-state index contributed by atoms with van der Waals surface area (Å²) >= 11 is 0. The fraction of sp³-hybridized carbons (Fsp3) is 0.286. The number of benzene rings is 1. The van der Waals surface area contributed by atoms with E-state index in [-0.39, 0.29) is 29.7 Å². The first-order valence-electron chi connectivity index (χ1n) is 6.64. The maximum atomic E-state index is 13.6. The Kier molecular flexibility index (Phi) is 5.10. The van der Waals surface area contributed by atoms with E-state index < -0.39 is 11.6 Å². The first kappa shape index (κ1) is 16.4. The molecule has 0 bridgehead atoms. The van der Waals surface area contributed by atoms with Crippen LogP contribution in [0.15, 0.2) is 30.5 Å². The van der Waals surface area contributed by atoms with Crippen molar-refractivity contribution >= 4 is 18.3 Å².